The van der Waals surface area contributed by atoms with Gasteiger partial charge in [0.1, 0.15) is 5.69 Å². The summed E-state index contributed by atoms with van der Waals surface area (Å²) >= 11 is 0. The normalized spacial score (nSPS) is 12.5. The van der Waals surface area contributed by atoms with Gasteiger partial charge >= 0.3 is 6.18 Å². The van der Waals surface area contributed by atoms with Gasteiger partial charge in [0, 0.05) is 18.7 Å². The average Bonchev–Trinajstić information content (AvgIpc) is 2.58. The van der Waals surface area contributed by atoms with Crippen molar-refractivity contribution in [3.8, 4) is 0 Å². The van der Waals surface area contributed by atoms with Gasteiger partial charge < -0.3 is 10.4 Å². The molecule has 1 aromatic heterocycles. The van der Waals surface area contributed by atoms with Crippen LogP contribution >= 0.6 is 0 Å². The van der Waals surface area contributed by atoms with E-state index in [-0.39, 0.29) is 23.5 Å². The van der Waals surface area contributed by atoms with Crippen molar-refractivity contribution in [2.45, 2.75) is 19.2 Å². The van der Waals surface area contributed by atoms with Crippen LogP contribution in [0.2, 0.25) is 0 Å². The summed E-state index contributed by atoms with van der Waals surface area (Å²) in [7, 11) is 0. The second-order valence-corrected chi connectivity index (χ2v) is 5.40. The summed E-state index contributed by atoms with van der Waals surface area (Å²) in [6.07, 6.45) is -5.74. The molecule has 7 nitrogen and oxygen atoms in total. The molecule has 10 heteroatoms. The number of non-ortho nitro benzene ring substituents is 1. The summed E-state index contributed by atoms with van der Waals surface area (Å²) in [5.74, 6) is -0.690. The fraction of sp³-hybridized carbons (Fsp3) is 0.250. The molecule has 0 unspecified atom stereocenters. The number of pyridine rings is 1. The van der Waals surface area contributed by atoms with Crippen molar-refractivity contribution in [1.82, 2.24) is 10.3 Å². The van der Waals surface area contributed by atoms with Crippen LogP contribution < -0.4 is 5.32 Å². The molecule has 2 aromatic rings. The number of aryl methyl sites for hydroxylation is 1. The molecule has 138 valence electrons. The standard InChI is InChI=1S/C16H14F3N3O4/c1-9-12(6-7-14(21-9)16(17,18)19)15(24)20-8-13(23)10-2-4-11(5-3-10)22(25)26/h2-7,13,23H,8H2,1H3,(H,20,24)/t13-/m1/s1. The number of halogens is 3. The van der Waals surface area contributed by atoms with Crippen molar-refractivity contribution in [3.63, 3.8) is 0 Å². The molecule has 0 radical (unpaired) electrons. The molecule has 1 heterocycles. The molecule has 0 fully saturated rings. The van der Waals surface area contributed by atoms with Gasteiger partial charge in [0.05, 0.1) is 22.3 Å². The molecular formula is C16H14F3N3O4. The topological polar surface area (TPSA) is 105 Å². The van der Waals surface area contributed by atoms with Gasteiger partial charge in [-0.05, 0) is 36.8 Å². The number of nitro groups is 1. The lowest BCUT2D eigenvalue weighted by Gasteiger charge is -2.14. The molecule has 0 aliphatic heterocycles. The summed E-state index contributed by atoms with van der Waals surface area (Å²) in [5.41, 5.74) is -1.04. The number of nitrogens with one attached hydrogen (secondary N) is 1. The molecule has 2 N–H and O–H groups in total. The number of hydrogen-bond acceptors (Lipinski definition) is 5. The third-order valence-electron chi connectivity index (χ3n) is 3.57. The minimum Gasteiger partial charge on any atom is -0.387 e. The Morgan fingerprint density at radius 2 is 1.88 bits per heavy atom. The number of aromatic nitrogens is 1. The first-order chi connectivity index (χ1) is 12.1. The molecule has 1 aromatic carbocycles. The predicted octanol–water partition coefficient (Wildman–Crippen LogP) is 2.78. The van der Waals surface area contributed by atoms with Gasteiger partial charge in [0.2, 0.25) is 0 Å². The molecule has 1 atom stereocenters. The monoisotopic (exact) mass is 369 g/mol. The zero-order chi connectivity index (χ0) is 19.5. The van der Waals surface area contributed by atoms with Crippen LogP contribution in [0, 0.1) is 17.0 Å². The number of nitrogens with zero attached hydrogens (tertiary/aromatic N) is 2. The predicted molar refractivity (Wildman–Crippen MR) is 84.4 cm³/mol. The number of aliphatic hydroxyl groups excluding tert-OH is 1. The first-order valence-electron chi connectivity index (χ1n) is 7.35. The fourth-order valence-electron chi connectivity index (χ4n) is 2.18. The first-order valence-corrected chi connectivity index (χ1v) is 7.35. The number of carbonyl (C=O) groups excluding carboxylic acids is 1. The minimum atomic E-state index is -4.61. The van der Waals surface area contributed by atoms with Crippen molar-refractivity contribution >= 4 is 11.6 Å². The van der Waals surface area contributed by atoms with Gasteiger partial charge in [0.15, 0.2) is 0 Å². The number of alkyl halides is 3. The number of nitro benzene ring substituents is 1. The van der Waals surface area contributed by atoms with Gasteiger partial charge in [-0.15, -0.1) is 0 Å². The van der Waals surface area contributed by atoms with Crippen LogP contribution in [0.5, 0.6) is 0 Å². The van der Waals surface area contributed by atoms with Crippen LogP contribution in [0.15, 0.2) is 36.4 Å². The van der Waals surface area contributed by atoms with Gasteiger partial charge in [-0.1, -0.05) is 0 Å². The zero-order valence-corrected chi connectivity index (χ0v) is 13.4. The minimum absolute atomic E-state index is 0.0473. The number of amides is 1. The Balaban J connectivity index is 2.02. The smallest absolute Gasteiger partial charge is 0.387 e. The van der Waals surface area contributed by atoms with E-state index in [4.69, 9.17) is 0 Å². The molecule has 0 bridgehead atoms. The second-order valence-electron chi connectivity index (χ2n) is 5.40. The summed E-state index contributed by atoms with van der Waals surface area (Å²) in [5, 5.41) is 23.0. The Labute approximate surface area is 145 Å². The Morgan fingerprint density at radius 1 is 1.27 bits per heavy atom. The Bertz CT molecular complexity index is 822. The van der Waals surface area contributed by atoms with Crippen LogP contribution in [0.3, 0.4) is 0 Å². The second kappa shape index (κ2) is 7.48. The molecular weight excluding hydrogens is 355 g/mol. The average molecular weight is 369 g/mol. The Hall–Kier alpha value is -3.01. The van der Waals surface area contributed by atoms with Gasteiger partial charge in [0.25, 0.3) is 11.6 Å². The van der Waals surface area contributed by atoms with E-state index < -0.39 is 28.8 Å². The zero-order valence-electron chi connectivity index (χ0n) is 13.4. The molecule has 26 heavy (non-hydrogen) atoms. The van der Waals surface area contributed by atoms with E-state index in [2.05, 4.69) is 10.3 Å². The molecule has 2 rings (SSSR count). The third kappa shape index (κ3) is 4.54. The molecule has 0 saturated carbocycles. The lowest BCUT2D eigenvalue weighted by atomic mass is 10.1. The highest BCUT2D eigenvalue weighted by atomic mass is 19.4. The van der Waals surface area contributed by atoms with Crippen molar-refractivity contribution in [1.29, 1.82) is 0 Å². The first kappa shape index (κ1) is 19.3. The molecule has 0 aliphatic carbocycles. The highest BCUT2D eigenvalue weighted by molar-refractivity contribution is 5.95. The van der Waals surface area contributed by atoms with Gasteiger partial charge in [-0.25, -0.2) is 4.98 Å². The van der Waals surface area contributed by atoms with Crippen molar-refractivity contribution in [3.05, 3.63) is 69.0 Å². The maximum atomic E-state index is 12.6. The number of hydrogen-bond donors (Lipinski definition) is 2. The SMILES string of the molecule is Cc1nc(C(F)(F)F)ccc1C(=O)NC[C@@H](O)c1ccc([N+](=O)[O-])cc1. The van der Waals surface area contributed by atoms with E-state index in [9.17, 15) is 33.2 Å². The number of rotatable bonds is 5. The molecule has 0 aliphatic rings. The van der Waals surface area contributed by atoms with Gasteiger partial charge in [-0.3, -0.25) is 14.9 Å². The number of carbonyl (C=O) groups is 1. The van der Waals surface area contributed by atoms with E-state index in [0.717, 1.165) is 6.07 Å². The lowest BCUT2D eigenvalue weighted by molar-refractivity contribution is -0.384. The molecule has 1 amide bonds. The highest BCUT2D eigenvalue weighted by Gasteiger charge is 2.33. The van der Waals surface area contributed by atoms with Gasteiger partial charge in [-0.2, -0.15) is 13.2 Å². The van der Waals surface area contributed by atoms with E-state index in [1.54, 1.807) is 0 Å². The van der Waals surface area contributed by atoms with Crippen LogP contribution in [-0.2, 0) is 6.18 Å². The quantitative estimate of drug-likeness (QED) is 0.623. The van der Waals surface area contributed by atoms with Crippen LogP contribution in [0.25, 0.3) is 0 Å². The van der Waals surface area contributed by atoms with Crippen LogP contribution in [0.1, 0.15) is 33.4 Å². The fourth-order valence-corrected chi connectivity index (χ4v) is 2.18. The Kier molecular flexibility index (Phi) is 5.56. The molecule has 0 saturated heterocycles. The summed E-state index contributed by atoms with van der Waals surface area (Å²) in [6.45, 7) is 1.05. The number of benzene rings is 1. The Morgan fingerprint density at radius 3 is 2.38 bits per heavy atom. The van der Waals surface area contributed by atoms with E-state index in [1.165, 1.54) is 31.2 Å². The largest absolute Gasteiger partial charge is 0.433 e. The van der Waals surface area contributed by atoms with Crippen LogP contribution in [-0.4, -0.2) is 27.5 Å². The number of aliphatic hydroxyl groups is 1. The van der Waals surface area contributed by atoms with E-state index >= 15 is 0 Å². The lowest BCUT2D eigenvalue weighted by Crippen LogP contribution is -2.29. The third-order valence-corrected chi connectivity index (χ3v) is 3.57. The van der Waals surface area contributed by atoms with E-state index in [1.807, 2.05) is 0 Å². The summed E-state index contributed by atoms with van der Waals surface area (Å²) in [4.78, 5) is 25.4. The molecule has 0 spiro atoms. The van der Waals surface area contributed by atoms with Crippen LogP contribution in [0.4, 0.5) is 18.9 Å². The van der Waals surface area contributed by atoms with Crippen molar-refractivity contribution in [2.24, 2.45) is 0 Å². The summed E-state index contributed by atoms with van der Waals surface area (Å²) < 4.78 is 37.7. The maximum Gasteiger partial charge on any atom is 0.433 e. The highest BCUT2D eigenvalue weighted by Crippen LogP contribution is 2.28. The summed E-state index contributed by atoms with van der Waals surface area (Å²) in [6, 6.07) is 6.84. The maximum absolute atomic E-state index is 12.6. The van der Waals surface area contributed by atoms with Crippen molar-refractivity contribution in [2.75, 3.05) is 6.54 Å². The van der Waals surface area contributed by atoms with Crippen molar-refractivity contribution < 1.29 is 28.0 Å². The van der Waals surface area contributed by atoms with E-state index in [0.29, 0.717) is 11.6 Å².